The SMILES string of the molecule is CNC(c1ccc(C)s1)c1cc(Cl)cc2c1OCC2. The van der Waals surface area contributed by atoms with Gasteiger partial charge in [0.05, 0.1) is 12.6 Å². The van der Waals surface area contributed by atoms with Gasteiger partial charge in [0, 0.05) is 26.8 Å². The van der Waals surface area contributed by atoms with Gasteiger partial charge in [0.1, 0.15) is 5.75 Å². The van der Waals surface area contributed by atoms with E-state index >= 15 is 0 Å². The first kappa shape index (κ1) is 13.0. The molecule has 1 N–H and O–H groups in total. The summed E-state index contributed by atoms with van der Waals surface area (Å²) in [5, 5.41) is 4.16. The maximum atomic E-state index is 6.24. The second kappa shape index (κ2) is 5.16. The van der Waals surface area contributed by atoms with Crippen molar-refractivity contribution in [3.63, 3.8) is 0 Å². The van der Waals surface area contributed by atoms with Crippen LogP contribution in [0.1, 0.15) is 26.9 Å². The van der Waals surface area contributed by atoms with Crippen molar-refractivity contribution in [1.29, 1.82) is 0 Å². The number of thiophene rings is 1. The molecule has 0 bridgehead atoms. The fourth-order valence-corrected chi connectivity index (χ4v) is 3.83. The number of nitrogens with one attached hydrogen (secondary N) is 1. The summed E-state index contributed by atoms with van der Waals surface area (Å²) in [5.41, 5.74) is 2.36. The Labute approximate surface area is 122 Å². The van der Waals surface area contributed by atoms with Crippen LogP contribution in [0.3, 0.4) is 0 Å². The van der Waals surface area contributed by atoms with Gasteiger partial charge >= 0.3 is 0 Å². The molecular formula is C15H16ClNOS. The molecule has 2 aromatic rings. The molecule has 1 aromatic heterocycles. The second-order valence-corrected chi connectivity index (χ2v) is 6.51. The predicted molar refractivity (Wildman–Crippen MR) is 80.6 cm³/mol. The standard InChI is InChI=1S/C15H16ClNOS/c1-9-3-4-13(19-9)14(17-2)12-8-11(16)7-10-5-6-18-15(10)12/h3-4,7-8,14,17H,5-6H2,1-2H3. The van der Waals surface area contributed by atoms with Gasteiger partial charge in [-0.2, -0.15) is 0 Å². The second-order valence-electron chi connectivity index (χ2n) is 4.75. The van der Waals surface area contributed by atoms with Crippen LogP contribution in [0, 0.1) is 6.92 Å². The average molecular weight is 294 g/mol. The summed E-state index contributed by atoms with van der Waals surface area (Å²) in [6.07, 6.45) is 0.947. The molecular weight excluding hydrogens is 278 g/mol. The zero-order chi connectivity index (χ0) is 13.4. The zero-order valence-corrected chi connectivity index (χ0v) is 12.6. The Hall–Kier alpha value is -1.03. The quantitative estimate of drug-likeness (QED) is 0.925. The first-order chi connectivity index (χ1) is 9.19. The van der Waals surface area contributed by atoms with Gasteiger partial charge in [0.2, 0.25) is 0 Å². The van der Waals surface area contributed by atoms with Crippen LogP contribution >= 0.6 is 22.9 Å². The Morgan fingerprint density at radius 3 is 2.89 bits per heavy atom. The number of fused-ring (bicyclic) bond motifs is 1. The zero-order valence-electron chi connectivity index (χ0n) is 11.0. The summed E-state index contributed by atoms with van der Waals surface area (Å²) in [5.74, 6) is 1.01. The Morgan fingerprint density at radius 1 is 1.37 bits per heavy atom. The highest BCUT2D eigenvalue weighted by Crippen LogP contribution is 2.39. The highest BCUT2D eigenvalue weighted by molar-refractivity contribution is 7.12. The molecule has 1 unspecified atom stereocenters. The molecule has 1 atom stereocenters. The molecule has 0 fully saturated rings. The van der Waals surface area contributed by atoms with Gasteiger partial charge in [-0.15, -0.1) is 11.3 Å². The van der Waals surface area contributed by atoms with E-state index in [1.165, 1.54) is 15.3 Å². The molecule has 1 aliphatic rings. The lowest BCUT2D eigenvalue weighted by molar-refractivity contribution is 0.351. The number of halogens is 1. The molecule has 2 heterocycles. The van der Waals surface area contributed by atoms with E-state index in [4.69, 9.17) is 16.3 Å². The van der Waals surface area contributed by atoms with Crippen LogP contribution in [-0.4, -0.2) is 13.7 Å². The molecule has 1 aliphatic heterocycles. The van der Waals surface area contributed by atoms with Gasteiger partial charge in [-0.05, 0) is 43.8 Å². The van der Waals surface area contributed by atoms with E-state index in [0.29, 0.717) is 0 Å². The normalized spacial score (nSPS) is 15.1. The first-order valence-electron chi connectivity index (χ1n) is 6.37. The highest BCUT2D eigenvalue weighted by atomic mass is 35.5. The maximum absolute atomic E-state index is 6.24. The summed E-state index contributed by atoms with van der Waals surface area (Å²) in [6, 6.07) is 8.49. The van der Waals surface area contributed by atoms with Crippen LogP contribution in [0.5, 0.6) is 5.75 Å². The Morgan fingerprint density at radius 2 is 2.21 bits per heavy atom. The Kier molecular flexibility index (Phi) is 3.52. The molecule has 19 heavy (non-hydrogen) atoms. The third-order valence-electron chi connectivity index (χ3n) is 3.42. The van der Waals surface area contributed by atoms with E-state index in [-0.39, 0.29) is 6.04 Å². The first-order valence-corrected chi connectivity index (χ1v) is 7.57. The van der Waals surface area contributed by atoms with E-state index in [1.54, 1.807) is 11.3 Å². The van der Waals surface area contributed by atoms with Crippen molar-refractivity contribution in [2.45, 2.75) is 19.4 Å². The fraction of sp³-hybridized carbons (Fsp3) is 0.333. The van der Waals surface area contributed by atoms with E-state index in [0.717, 1.165) is 29.4 Å². The minimum Gasteiger partial charge on any atom is -0.493 e. The van der Waals surface area contributed by atoms with Crippen LogP contribution < -0.4 is 10.1 Å². The number of rotatable bonds is 3. The van der Waals surface area contributed by atoms with Gasteiger partial charge < -0.3 is 10.1 Å². The third-order valence-corrected chi connectivity index (χ3v) is 4.71. The molecule has 0 saturated carbocycles. The smallest absolute Gasteiger partial charge is 0.127 e. The monoisotopic (exact) mass is 293 g/mol. The lowest BCUT2D eigenvalue weighted by Gasteiger charge is -2.18. The van der Waals surface area contributed by atoms with Crippen molar-refractivity contribution in [2.24, 2.45) is 0 Å². The third kappa shape index (κ3) is 2.38. The van der Waals surface area contributed by atoms with E-state index in [9.17, 15) is 0 Å². The molecule has 0 aliphatic carbocycles. The molecule has 4 heteroatoms. The lowest BCUT2D eigenvalue weighted by Crippen LogP contribution is -2.17. The van der Waals surface area contributed by atoms with Gasteiger partial charge in [-0.25, -0.2) is 0 Å². The van der Waals surface area contributed by atoms with Gasteiger partial charge in [-0.1, -0.05) is 11.6 Å². The molecule has 0 spiro atoms. The minimum absolute atomic E-state index is 0.143. The van der Waals surface area contributed by atoms with Crippen molar-refractivity contribution in [1.82, 2.24) is 5.32 Å². The van der Waals surface area contributed by atoms with Crippen molar-refractivity contribution >= 4 is 22.9 Å². The van der Waals surface area contributed by atoms with Gasteiger partial charge in [-0.3, -0.25) is 0 Å². The molecule has 0 radical (unpaired) electrons. The van der Waals surface area contributed by atoms with Crippen LogP contribution in [0.2, 0.25) is 5.02 Å². The van der Waals surface area contributed by atoms with Crippen LogP contribution in [0.25, 0.3) is 0 Å². The summed E-state index contributed by atoms with van der Waals surface area (Å²) < 4.78 is 5.80. The molecule has 2 nitrogen and oxygen atoms in total. The lowest BCUT2D eigenvalue weighted by atomic mass is 10.0. The summed E-state index contributed by atoms with van der Waals surface area (Å²) >= 11 is 8.05. The van der Waals surface area contributed by atoms with Gasteiger partial charge in [0.15, 0.2) is 0 Å². The average Bonchev–Trinajstić information content (AvgIpc) is 2.99. The van der Waals surface area contributed by atoms with E-state index < -0.39 is 0 Å². The van der Waals surface area contributed by atoms with E-state index in [1.807, 2.05) is 19.2 Å². The van der Waals surface area contributed by atoms with Crippen molar-refractivity contribution in [3.05, 3.63) is 50.2 Å². The van der Waals surface area contributed by atoms with Crippen molar-refractivity contribution < 1.29 is 4.74 Å². The Bertz CT molecular complexity index is 608. The van der Waals surface area contributed by atoms with Gasteiger partial charge in [0.25, 0.3) is 0 Å². The number of hydrogen-bond donors (Lipinski definition) is 1. The minimum atomic E-state index is 0.143. The van der Waals surface area contributed by atoms with Crippen LogP contribution in [-0.2, 0) is 6.42 Å². The maximum Gasteiger partial charge on any atom is 0.127 e. The van der Waals surface area contributed by atoms with Crippen LogP contribution in [0.4, 0.5) is 0 Å². The Balaban J connectivity index is 2.09. The van der Waals surface area contributed by atoms with Crippen molar-refractivity contribution in [3.8, 4) is 5.75 Å². The number of hydrogen-bond acceptors (Lipinski definition) is 3. The number of aryl methyl sites for hydroxylation is 1. The summed E-state index contributed by atoms with van der Waals surface area (Å²) in [4.78, 5) is 2.61. The molecule has 1 aromatic carbocycles. The van der Waals surface area contributed by atoms with Crippen molar-refractivity contribution in [2.75, 3.05) is 13.7 Å². The number of ether oxygens (including phenoxy) is 1. The fourth-order valence-electron chi connectivity index (χ4n) is 2.57. The summed E-state index contributed by atoms with van der Waals surface area (Å²) in [7, 11) is 1.97. The van der Waals surface area contributed by atoms with E-state index in [2.05, 4.69) is 24.4 Å². The van der Waals surface area contributed by atoms with Crippen LogP contribution in [0.15, 0.2) is 24.3 Å². The predicted octanol–water partition coefficient (Wildman–Crippen LogP) is 3.95. The molecule has 0 saturated heterocycles. The largest absolute Gasteiger partial charge is 0.493 e. The highest BCUT2D eigenvalue weighted by Gasteiger charge is 2.24. The molecule has 100 valence electrons. The molecule has 0 amide bonds. The number of benzene rings is 1. The summed E-state index contributed by atoms with van der Waals surface area (Å²) in [6.45, 7) is 2.88. The molecule has 3 rings (SSSR count). The topological polar surface area (TPSA) is 21.3 Å².